The standard InChI is InChI=1S/C46H46/c1-11-30(8)43(29(6)7)44(31(9)12-2)32(10)40(15-5)38-21-19-37-28-39(22-20-36(37)27-38)41-25-23-34(14-4)46-42(41)26-24-35-18-16-17-33(13-3)45(35)46/h11-15,17,19-28H,3-6,16,18H2,1-2,7-10H3/b30-11-,31-12?,40-32+,44-43-. The number of aryl methyl sites for hydroxylation is 1. The number of allylic oxidation sites excluding steroid dienone is 13. The molecule has 0 spiro atoms. The monoisotopic (exact) mass is 598 g/mol. The molecule has 0 atom stereocenters. The van der Waals surface area contributed by atoms with Crippen molar-refractivity contribution in [3.63, 3.8) is 0 Å². The van der Waals surface area contributed by atoms with Gasteiger partial charge in [0.2, 0.25) is 0 Å². The zero-order valence-electron chi connectivity index (χ0n) is 28.5. The molecule has 5 rings (SSSR count). The number of hydrogen-bond acceptors (Lipinski definition) is 0. The topological polar surface area (TPSA) is 0 Å². The van der Waals surface area contributed by atoms with Crippen LogP contribution in [0.2, 0.25) is 0 Å². The summed E-state index contributed by atoms with van der Waals surface area (Å²) in [5.74, 6) is 0. The average Bonchev–Trinajstić information content (AvgIpc) is 3.08. The fraction of sp³-hybridized carbons (Fsp3) is 0.174. The molecule has 0 amide bonds. The number of benzene rings is 4. The Kier molecular flexibility index (Phi) is 9.59. The van der Waals surface area contributed by atoms with E-state index in [1.807, 2.05) is 18.2 Å². The van der Waals surface area contributed by atoms with Crippen LogP contribution in [0.5, 0.6) is 0 Å². The number of fused-ring (bicyclic) bond motifs is 4. The quantitative estimate of drug-likeness (QED) is 0.168. The summed E-state index contributed by atoms with van der Waals surface area (Å²) < 4.78 is 0. The van der Waals surface area contributed by atoms with Crippen molar-refractivity contribution in [3.8, 4) is 11.1 Å². The molecular weight excluding hydrogens is 553 g/mol. The lowest BCUT2D eigenvalue weighted by molar-refractivity contribution is 0.984. The Balaban J connectivity index is 1.67. The Labute approximate surface area is 276 Å². The normalized spacial score (nSPS) is 14.7. The first-order valence-electron chi connectivity index (χ1n) is 16.3. The van der Waals surface area contributed by atoms with Gasteiger partial charge in [-0.3, -0.25) is 0 Å². The highest BCUT2D eigenvalue weighted by molar-refractivity contribution is 6.09. The van der Waals surface area contributed by atoms with Crippen molar-refractivity contribution < 1.29 is 0 Å². The summed E-state index contributed by atoms with van der Waals surface area (Å²) >= 11 is 0. The molecule has 0 unspecified atom stereocenters. The van der Waals surface area contributed by atoms with Crippen LogP contribution in [-0.4, -0.2) is 0 Å². The molecule has 0 bridgehead atoms. The average molecular weight is 599 g/mol. The van der Waals surface area contributed by atoms with Gasteiger partial charge in [-0.05, 0) is 160 Å². The third kappa shape index (κ3) is 5.77. The van der Waals surface area contributed by atoms with Crippen molar-refractivity contribution in [1.29, 1.82) is 0 Å². The lowest BCUT2D eigenvalue weighted by Crippen LogP contribution is -2.01. The van der Waals surface area contributed by atoms with E-state index in [2.05, 4.69) is 147 Å². The Hall–Kier alpha value is -4.94. The second-order valence-corrected chi connectivity index (χ2v) is 12.3. The van der Waals surface area contributed by atoms with E-state index in [4.69, 9.17) is 0 Å². The molecule has 0 radical (unpaired) electrons. The lowest BCUT2D eigenvalue weighted by Gasteiger charge is -2.21. The van der Waals surface area contributed by atoms with Crippen molar-refractivity contribution >= 4 is 38.8 Å². The van der Waals surface area contributed by atoms with Crippen LogP contribution < -0.4 is 0 Å². The Morgan fingerprint density at radius 2 is 1.43 bits per heavy atom. The first-order chi connectivity index (χ1) is 22.2. The molecule has 0 fully saturated rings. The minimum Gasteiger partial charge on any atom is -0.0985 e. The Morgan fingerprint density at radius 1 is 0.739 bits per heavy atom. The highest BCUT2D eigenvalue weighted by Crippen LogP contribution is 2.41. The van der Waals surface area contributed by atoms with Crippen molar-refractivity contribution in [2.45, 2.75) is 54.4 Å². The van der Waals surface area contributed by atoms with Gasteiger partial charge in [-0.15, -0.1) is 0 Å². The smallest absolute Gasteiger partial charge is 0.00242 e. The van der Waals surface area contributed by atoms with Crippen LogP contribution in [0.25, 0.3) is 49.9 Å². The van der Waals surface area contributed by atoms with Crippen LogP contribution in [0.4, 0.5) is 0 Å². The van der Waals surface area contributed by atoms with Gasteiger partial charge in [-0.2, -0.15) is 0 Å². The molecule has 0 saturated carbocycles. The third-order valence-electron chi connectivity index (χ3n) is 9.58. The van der Waals surface area contributed by atoms with Crippen LogP contribution in [0.15, 0.2) is 151 Å². The van der Waals surface area contributed by atoms with Crippen LogP contribution in [-0.2, 0) is 6.42 Å². The van der Waals surface area contributed by atoms with E-state index in [0.29, 0.717) is 0 Å². The van der Waals surface area contributed by atoms with E-state index in [1.54, 1.807) is 0 Å². The summed E-state index contributed by atoms with van der Waals surface area (Å²) in [5.41, 5.74) is 16.9. The fourth-order valence-corrected chi connectivity index (χ4v) is 7.07. The molecule has 1 aliphatic carbocycles. The minimum atomic E-state index is 1.05. The SMILES string of the molecule is C=CC1=CCCc2ccc3c(-c4ccc5cc(/C(C=C)=C(C)/C(C(C)=CC)=C(C(=C)C)\C(C)=C/C)ccc5c4)ccc(C=C)c3c21. The van der Waals surface area contributed by atoms with Crippen LogP contribution in [0.3, 0.4) is 0 Å². The van der Waals surface area contributed by atoms with Gasteiger partial charge in [0.25, 0.3) is 0 Å². The second kappa shape index (κ2) is 13.6. The molecular formula is C46H46. The van der Waals surface area contributed by atoms with E-state index in [-0.39, 0.29) is 0 Å². The maximum absolute atomic E-state index is 4.35. The van der Waals surface area contributed by atoms with E-state index in [9.17, 15) is 0 Å². The van der Waals surface area contributed by atoms with E-state index in [0.717, 1.165) is 35.1 Å². The summed E-state index contributed by atoms with van der Waals surface area (Å²) in [6.07, 6.45) is 14.7. The maximum atomic E-state index is 4.35. The Morgan fingerprint density at radius 3 is 2.09 bits per heavy atom. The molecule has 4 aromatic carbocycles. The van der Waals surface area contributed by atoms with E-state index in [1.165, 1.54) is 77.2 Å². The zero-order valence-corrected chi connectivity index (χ0v) is 28.5. The van der Waals surface area contributed by atoms with E-state index < -0.39 is 0 Å². The van der Waals surface area contributed by atoms with Crippen molar-refractivity contribution in [3.05, 3.63) is 173 Å². The predicted molar refractivity (Wildman–Crippen MR) is 207 cm³/mol. The van der Waals surface area contributed by atoms with Crippen molar-refractivity contribution in [1.82, 2.24) is 0 Å². The molecule has 0 heteroatoms. The third-order valence-corrected chi connectivity index (χ3v) is 9.58. The predicted octanol–water partition coefficient (Wildman–Crippen LogP) is 13.6. The van der Waals surface area contributed by atoms with Crippen molar-refractivity contribution in [2.75, 3.05) is 0 Å². The first-order valence-corrected chi connectivity index (χ1v) is 16.3. The van der Waals surface area contributed by atoms with Crippen LogP contribution in [0.1, 0.15) is 70.2 Å². The second-order valence-electron chi connectivity index (χ2n) is 12.3. The number of rotatable bonds is 9. The molecule has 1 aliphatic rings. The van der Waals surface area contributed by atoms with Crippen molar-refractivity contribution in [2.24, 2.45) is 0 Å². The van der Waals surface area contributed by atoms with Crippen LogP contribution in [0, 0.1) is 0 Å². The molecule has 0 aromatic heterocycles. The first kappa shape index (κ1) is 32.5. The summed E-state index contributed by atoms with van der Waals surface area (Å²) in [5, 5.41) is 4.93. The minimum absolute atomic E-state index is 1.05. The van der Waals surface area contributed by atoms with Gasteiger partial charge in [0, 0.05) is 0 Å². The van der Waals surface area contributed by atoms with Gasteiger partial charge < -0.3 is 0 Å². The molecule has 0 saturated heterocycles. The summed E-state index contributed by atoms with van der Waals surface area (Å²) in [7, 11) is 0. The van der Waals surface area contributed by atoms with Gasteiger partial charge in [0.05, 0.1) is 0 Å². The summed E-state index contributed by atoms with van der Waals surface area (Å²) in [6.45, 7) is 29.7. The van der Waals surface area contributed by atoms with Gasteiger partial charge in [-0.1, -0.05) is 117 Å². The van der Waals surface area contributed by atoms with Gasteiger partial charge in [0.1, 0.15) is 0 Å². The molecule has 4 aromatic rings. The highest BCUT2D eigenvalue weighted by atomic mass is 14.2. The van der Waals surface area contributed by atoms with E-state index >= 15 is 0 Å². The van der Waals surface area contributed by atoms with Crippen LogP contribution >= 0.6 is 0 Å². The molecule has 0 N–H and O–H groups in total. The highest BCUT2D eigenvalue weighted by Gasteiger charge is 2.19. The lowest BCUT2D eigenvalue weighted by atomic mass is 9.83. The molecule has 0 heterocycles. The Bertz CT molecular complexity index is 2090. The largest absolute Gasteiger partial charge is 0.0985 e. The summed E-state index contributed by atoms with van der Waals surface area (Å²) in [6, 6.07) is 22.7. The maximum Gasteiger partial charge on any atom is -0.00242 e. The fourth-order valence-electron chi connectivity index (χ4n) is 7.07. The zero-order chi connectivity index (χ0) is 33.1. The molecule has 0 nitrogen and oxygen atoms in total. The molecule has 46 heavy (non-hydrogen) atoms. The van der Waals surface area contributed by atoms with Gasteiger partial charge in [-0.25, -0.2) is 0 Å². The van der Waals surface area contributed by atoms with Gasteiger partial charge in [0.15, 0.2) is 0 Å². The molecule has 230 valence electrons. The number of hydrogen-bond donors (Lipinski definition) is 0. The molecule has 0 aliphatic heterocycles. The van der Waals surface area contributed by atoms with Gasteiger partial charge >= 0.3 is 0 Å². The summed E-state index contributed by atoms with van der Waals surface area (Å²) in [4.78, 5) is 0.